The number of ether oxygens (including phenoxy) is 2. The van der Waals surface area contributed by atoms with E-state index in [-0.39, 0.29) is 36.0 Å². The molecular weight excluding hydrogens is 527 g/mol. The van der Waals surface area contributed by atoms with Crippen molar-refractivity contribution in [3.63, 3.8) is 0 Å². The molecule has 0 aromatic rings. The molecule has 0 bridgehead atoms. The second-order valence-corrected chi connectivity index (χ2v) is 8.55. The van der Waals surface area contributed by atoms with E-state index in [9.17, 15) is 9.59 Å². The first-order valence-corrected chi connectivity index (χ1v) is 11.1. The van der Waals surface area contributed by atoms with Crippen molar-refractivity contribution in [2.24, 2.45) is 4.99 Å². The number of aliphatic imine (C=N–C) groups is 1. The topological polar surface area (TPSA) is 98.7 Å². The highest BCUT2D eigenvalue weighted by atomic mass is 127. The summed E-state index contributed by atoms with van der Waals surface area (Å²) in [6, 6.07) is 0. The summed E-state index contributed by atoms with van der Waals surface area (Å²) >= 11 is 0. The molecule has 0 aromatic carbocycles. The van der Waals surface area contributed by atoms with Crippen molar-refractivity contribution < 1.29 is 19.1 Å². The van der Waals surface area contributed by atoms with Crippen LogP contribution in [0.5, 0.6) is 0 Å². The van der Waals surface area contributed by atoms with Crippen molar-refractivity contribution in [2.45, 2.75) is 39.7 Å². The molecule has 188 valence electrons. The van der Waals surface area contributed by atoms with Gasteiger partial charge in [0.05, 0.1) is 13.2 Å². The number of guanidine groups is 1. The highest BCUT2D eigenvalue weighted by Gasteiger charge is 2.23. The van der Waals surface area contributed by atoms with Gasteiger partial charge in [-0.3, -0.25) is 14.7 Å². The van der Waals surface area contributed by atoms with Gasteiger partial charge in [-0.25, -0.2) is 4.79 Å². The molecule has 10 nitrogen and oxygen atoms in total. The number of amides is 2. The van der Waals surface area contributed by atoms with Crippen molar-refractivity contribution in [1.82, 2.24) is 25.3 Å². The number of methoxy groups -OCH3 is 1. The van der Waals surface area contributed by atoms with E-state index in [1.54, 1.807) is 19.1 Å². The Kier molecular flexibility index (Phi) is 15.6. The number of halogens is 1. The molecule has 2 N–H and O–H groups in total. The molecule has 0 radical (unpaired) electrons. The third-order valence-corrected chi connectivity index (χ3v) is 4.69. The van der Waals surface area contributed by atoms with Gasteiger partial charge in [-0.1, -0.05) is 6.92 Å². The van der Waals surface area contributed by atoms with Crippen LogP contribution < -0.4 is 10.6 Å². The van der Waals surface area contributed by atoms with Gasteiger partial charge in [0, 0.05) is 66.5 Å². The zero-order valence-electron chi connectivity index (χ0n) is 20.6. The molecule has 1 fully saturated rings. The molecule has 0 saturated carbocycles. The van der Waals surface area contributed by atoms with Crippen LogP contribution in [0.1, 0.15) is 34.1 Å². The Labute approximate surface area is 210 Å². The minimum absolute atomic E-state index is 0. The van der Waals surface area contributed by atoms with Gasteiger partial charge in [0.15, 0.2) is 5.96 Å². The third-order valence-electron chi connectivity index (χ3n) is 4.69. The lowest BCUT2D eigenvalue weighted by atomic mass is 10.2. The van der Waals surface area contributed by atoms with Crippen LogP contribution in [0.4, 0.5) is 4.79 Å². The number of rotatable bonds is 10. The molecule has 11 heteroatoms. The Balaban J connectivity index is 0.00000961. The molecule has 1 aliphatic rings. The first kappa shape index (κ1) is 30.7. The Morgan fingerprint density at radius 3 is 2.25 bits per heavy atom. The van der Waals surface area contributed by atoms with Gasteiger partial charge < -0.3 is 29.9 Å². The number of hydrogen-bond donors (Lipinski definition) is 2. The summed E-state index contributed by atoms with van der Waals surface area (Å²) in [5.41, 5.74) is -0.507. The fourth-order valence-electron chi connectivity index (χ4n) is 3.20. The van der Waals surface area contributed by atoms with Crippen LogP contribution in [0.3, 0.4) is 0 Å². The van der Waals surface area contributed by atoms with Gasteiger partial charge in [0.2, 0.25) is 5.91 Å². The lowest BCUT2D eigenvalue weighted by Crippen LogP contribution is -2.54. The molecule has 0 spiro atoms. The number of piperazine rings is 1. The van der Waals surface area contributed by atoms with E-state index in [0.717, 1.165) is 38.6 Å². The fourth-order valence-corrected chi connectivity index (χ4v) is 3.20. The predicted octanol–water partition coefficient (Wildman–Crippen LogP) is 1.21. The van der Waals surface area contributed by atoms with E-state index in [4.69, 9.17) is 9.47 Å². The average molecular weight is 571 g/mol. The Bertz CT molecular complexity index is 577. The molecule has 0 atom stereocenters. The zero-order valence-corrected chi connectivity index (χ0v) is 22.9. The van der Waals surface area contributed by atoms with E-state index in [1.165, 1.54) is 0 Å². The van der Waals surface area contributed by atoms with Crippen molar-refractivity contribution in [1.29, 1.82) is 0 Å². The lowest BCUT2D eigenvalue weighted by Gasteiger charge is -2.36. The normalized spacial score (nSPS) is 15.1. The molecule has 0 unspecified atom stereocenters. The maximum atomic E-state index is 12.4. The first-order chi connectivity index (χ1) is 14.7. The molecule has 2 amide bonds. The van der Waals surface area contributed by atoms with Crippen molar-refractivity contribution in [2.75, 3.05) is 79.7 Å². The van der Waals surface area contributed by atoms with Gasteiger partial charge in [-0.2, -0.15) is 0 Å². The summed E-state index contributed by atoms with van der Waals surface area (Å²) in [6.45, 7) is 14.1. The second kappa shape index (κ2) is 16.3. The molecule has 0 aliphatic carbocycles. The summed E-state index contributed by atoms with van der Waals surface area (Å²) in [6.07, 6.45) is 0.582. The number of carbonyl (C=O) groups is 2. The summed E-state index contributed by atoms with van der Waals surface area (Å²) < 4.78 is 10.4. The standard InChI is InChI=1S/C21H42N6O4.HI/c1-7-10-27(20(29)31-21(2,3)4)11-8-24-19(22-5)26-14-12-25(13-15-26)17-18(28)23-9-16-30-6;/h7-17H2,1-6H3,(H,22,24)(H,23,28);1H. The fraction of sp³-hybridized carbons (Fsp3) is 0.857. The van der Waals surface area contributed by atoms with Crippen LogP contribution in [0, 0.1) is 0 Å². The van der Waals surface area contributed by atoms with Gasteiger partial charge in [-0.05, 0) is 27.2 Å². The van der Waals surface area contributed by atoms with Crippen molar-refractivity contribution in [3.8, 4) is 0 Å². The minimum Gasteiger partial charge on any atom is -0.444 e. The van der Waals surface area contributed by atoms with Crippen molar-refractivity contribution in [3.05, 3.63) is 0 Å². The third kappa shape index (κ3) is 12.6. The largest absolute Gasteiger partial charge is 0.444 e. The van der Waals surface area contributed by atoms with Crippen molar-refractivity contribution >= 4 is 41.9 Å². The Hall–Kier alpha value is -1.34. The lowest BCUT2D eigenvalue weighted by molar-refractivity contribution is -0.122. The highest BCUT2D eigenvalue weighted by molar-refractivity contribution is 14.0. The average Bonchev–Trinajstić information content (AvgIpc) is 2.70. The summed E-state index contributed by atoms with van der Waals surface area (Å²) in [5.74, 6) is 0.830. The summed E-state index contributed by atoms with van der Waals surface area (Å²) in [7, 11) is 3.38. The predicted molar refractivity (Wildman–Crippen MR) is 138 cm³/mol. The molecule has 32 heavy (non-hydrogen) atoms. The Morgan fingerprint density at radius 2 is 1.72 bits per heavy atom. The summed E-state index contributed by atoms with van der Waals surface area (Å²) in [5, 5.41) is 6.20. The number of nitrogens with zero attached hydrogens (tertiary/aromatic N) is 4. The number of carbonyl (C=O) groups excluding carboxylic acids is 2. The molecule has 1 heterocycles. The highest BCUT2D eigenvalue weighted by Crippen LogP contribution is 2.10. The molecular formula is C21H43IN6O4. The van der Waals surface area contributed by atoms with Gasteiger partial charge in [0.25, 0.3) is 0 Å². The maximum Gasteiger partial charge on any atom is 0.410 e. The quantitative estimate of drug-likeness (QED) is 0.176. The minimum atomic E-state index is -0.507. The molecule has 1 rings (SSSR count). The maximum absolute atomic E-state index is 12.4. The first-order valence-electron chi connectivity index (χ1n) is 11.1. The van der Waals surface area contributed by atoms with Gasteiger partial charge >= 0.3 is 6.09 Å². The number of nitrogens with one attached hydrogen (secondary N) is 2. The summed E-state index contributed by atoms with van der Waals surface area (Å²) in [4.78, 5) is 34.8. The van der Waals surface area contributed by atoms with E-state index >= 15 is 0 Å². The van der Waals surface area contributed by atoms with Crippen LogP contribution in [-0.2, 0) is 14.3 Å². The molecule has 1 saturated heterocycles. The van der Waals surface area contributed by atoms with E-state index in [1.807, 2.05) is 27.7 Å². The van der Waals surface area contributed by atoms with E-state index in [0.29, 0.717) is 39.3 Å². The SMILES string of the molecule is CCCN(CCNC(=NC)N1CCN(CC(=O)NCCOC)CC1)C(=O)OC(C)(C)C.I. The zero-order chi connectivity index (χ0) is 23.3. The number of hydrogen-bond acceptors (Lipinski definition) is 6. The van der Waals surface area contributed by atoms with E-state index in [2.05, 4.69) is 25.4 Å². The van der Waals surface area contributed by atoms with Crippen LogP contribution >= 0.6 is 24.0 Å². The van der Waals surface area contributed by atoms with Crippen LogP contribution in [0.15, 0.2) is 4.99 Å². The second-order valence-electron chi connectivity index (χ2n) is 8.55. The van der Waals surface area contributed by atoms with Gasteiger partial charge in [-0.15, -0.1) is 24.0 Å². The van der Waals surface area contributed by atoms with Crippen LogP contribution in [-0.4, -0.2) is 118 Å². The molecule has 1 aliphatic heterocycles. The monoisotopic (exact) mass is 570 g/mol. The Morgan fingerprint density at radius 1 is 1.06 bits per heavy atom. The van der Waals surface area contributed by atoms with E-state index < -0.39 is 5.60 Å². The smallest absolute Gasteiger partial charge is 0.410 e. The molecule has 0 aromatic heterocycles. The van der Waals surface area contributed by atoms with Crippen LogP contribution in [0.25, 0.3) is 0 Å². The van der Waals surface area contributed by atoms with Crippen LogP contribution in [0.2, 0.25) is 0 Å². The van der Waals surface area contributed by atoms with Gasteiger partial charge in [0.1, 0.15) is 5.60 Å².